The average Bonchev–Trinajstić information content (AvgIpc) is 2.39. The SMILES string of the molecule is Clc1ccc(CO/N=[C]\c2ccccc2Cl)cc1. The molecule has 2 nitrogen and oxygen atoms in total. The fourth-order valence-electron chi connectivity index (χ4n) is 1.32. The molecule has 0 aliphatic rings. The monoisotopic (exact) mass is 278 g/mol. The second-order valence-electron chi connectivity index (χ2n) is 3.58. The summed E-state index contributed by atoms with van der Waals surface area (Å²) in [6.07, 6.45) is 2.74. The molecular weight excluding hydrogens is 269 g/mol. The summed E-state index contributed by atoms with van der Waals surface area (Å²) in [4.78, 5) is 5.13. The zero-order valence-electron chi connectivity index (χ0n) is 9.44. The van der Waals surface area contributed by atoms with Crippen LogP contribution in [0.15, 0.2) is 53.7 Å². The Morgan fingerprint density at radius 2 is 1.72 bits per heavy atom. The first-order chi connectivity index (χ1) is 8.75. The van der Waals surface area contributed by atoms with Gasteiger partial charge in [0.15, 0.2) is 0 Å². The third-order valence-electron chi connectivity index (χ3n) is 2.25. The molecule has 0 bridgehead atoms. The lowest BCUT2D eigenvalue weighted by atomic mass is 10.2. The third kappa shape index (κ3) is 3.76. The van der Waals surface area contributed by atoms with Gasteiger partial charge in [0.05, 0.1) is 5.02 Å². The molecule has 0 heterocycles. The summed E-state index contributed by atoms with van der Waals surface area (Å²) in [5, 5.41) is 5.05. The van der Waals surface area contributed by atoms with Crippen LogP contribution in [-0.2, 0) is 11.4 Å². The van der Waals surface area contributed by atoms with Gasteiger partial charge in [0.1, 0.15) is 12.8 Å². The van der Waals surface area contributed by atoms with E-state index in [1.807, 2.05) is 42.5 Å². The molecule has 0 saturated carbocycles. The van der Waals surface area contributed by atoms with Crippen LogP contribution in [0.1, 0.15) is 11.1 Å². The highest BCUT2D eigenvalue weighted by atomic mass is 35.5. The molecule has 1 radical (unpaired) electrons. The van der Waals surface area contributed by atoms with Crippen molar-refractivity contribution >= 4 is 29.4 Å². The molecule has 4 heteroatoms. The molecule has 0 N–H and O–H groups in total. The van der Waals surface area contributed by atoms with Gasteiger partial charge in [-0.25, -0.2) is 0 Å². The van der Waals surface area contributed by atoms with Crippen LogP contribution in [0.25, 0.3) is 0 Å². The Bertz CT molecular complexity index is 538. The average molecular weight is 279 g/mol. The minimum Gasteiger partial charge on any atom is -0.390 e. The first-order valence-electron chi connectivity index (χ1n) is 5.33. The van der Waals surface area contributed by atoms with Crippen molar-refractivity contribution in [2.24, 2.45) is 5.16 Å². The molecule has 0 spiro atoms. The Labute approximate surface area is 116 Å². The van der Waals surface area contributed by atoms with E-state index >= 15 is 0 Å². The fourth-order valence-corrected chi connectivity index (χ4v) is 1.62. The summed E-state index contributed by atoms with van der Waals surface area (Å²) in [5.41, 5.74) is 1.69. The Balaban J connectivity index is 1.89. The molecule has 0 aliphatic carbocycles. The molecule has 0 saturated heterocycles. The van der Waals surface area contributed by atoms with Crippen LogP contribution in [0.5, 0.6) is 0 Å². The van der Waals surface area contributed by atoms with Crippen LogP contribution in [-0.4, -0.2) is 6.21 Å². The van der Waals surface area contributed by atoms with Gasteiger partial charge in [-0.2, -0.15) is 0 Å². The van der Waals surface area contributed by atoms with E-state index in [1.54, 1.807) is 6.07 Å². The molecule has 0 fully saturated rings. The standard InChI is InChI=1S/C14H10Cl2NO/c15-13-7-5-11(6-8-13)10-18-17-9-12-3-1-2-4-14(12)16/h1-8H,10H2. The first-order valence-corrected chi connectivity index (χ1v) is 6.08. The Hall–Kier alpha value is -1.51. The van der Waals surface area contributed by atoms with Gasteiger partial charge in [0.25, 0.3) is 0 Å². The van der Waals surface area contributed by atoms with Crippen molar-refractivity contribution in [1.29, 1.82) is 0 Å². The van der Waals surface area contributed by atoms with Crippen molar-refractivity contribution in [3.63, 3.8) is 0 Å². The lowest BCUT2D eigenvalue weighted by Gasteiger charge is -1.99. The first kappa shape index (κ1) is 12.9. The Morgan fingerprint density at radius 3 is 2.44 bits per heavy atom. The highest BCUT2D eigenvalue weighted by Crippen LogP contribution is 2.13. The van der Waals surface area contributed by atoms with Gasteiger partial charge in [0, 0.05) is 10.6 Å². The normalized spacial score (nSPS) is 10.8. The van der Waals surface area contributed by atoms with Gasteiger partial charge < -0.3 is 4.84 Å². The molecule has 0 amide bonds. The van der Waals surface area contributed by atoms with Gasteiger partial charge >= 0.3 is 0 Å². The van der Waals surface area contributed by atoms with E-state index in [2.05, 4.69) is 11.4 Å². The Kier molecular flexibility index (Phi) is 4.62. The van der Waals surface area contributed by atoms with Crippen LogP contribution in [0, 0.1) is 0 Å². The maximum atomic E-state index is 5.94. The number of halogens is 2. The predicted molar refractivity (Wildman–Crippen MR) is 74.2 cm³/mol. The highest BCUT2D eigenvalue weighted by molar-refractivity contribution is 6.33. The van der Waals surface area contributed by atoms with Crippen molar-refractivity contribution in [3.05, 3.63) is 69.7 Å². The molecule has 0 aliphatic heterocycles. The van der Waals surface area contributed by atoms with E-state index in [-0.39, 0.29) is 0 Å². The summed E-state index contributed by atoms with van der Waals surface area (Å²) in [6.45, 7) is 0.370. The van der Waals surface area contributed by atoms with Crippen LogP contribution >= 0.6 is 23.2 Å². The van der Waals surface area contributed by atoms with Gasteiger partial charge in [-0.3, -0.25) is 0 Å². The molecule has 18 heavy (non-hydrogen) atoms. The molecule has 2 aromatic carbocycles. The topological polar surface area (TPSA) is 21.6 Å². The van der Waals surface area contributed by atoms with Crippen LogP contribution in [0.3, 0.4) is 0 Å². The van der Waals surface area contributed by atoms with Crippen molar-refractivity contribution < 1.29 is 4.84 Å². The summed E-state index contributed by atoms with van der Waals surface area (Å²) >= 11 is 11.7. The third-order valence-corrected chi connectivity index (χ3v) is 2.83. The highest BCUT2D eigenvalue weighted by Gasteiger charge is 1.96. The van der Waals surface area contributed by atoms with Gasteiger partial charge in [-0.05, 0) is 23.8 Å². The minimum absolute atomic E-state index is 0.370. The fraction of sp³-hybridized carbons (Fsp3) is 0.0714. The molecule has 91 valence electrons. The number of hydrogen-bond acceptors (Lipinski definition) is 2. The predicted octanol–water partition coefficient (Wildman–Crippen LogP) is 4.42. The van der Waals surface area contributed by atoms with Crippen molar-refractivity contribution in [1.82, 2.24) is 0 Å². The minimum atomic E-state index is 0.370. The van der Waals surface area contributed by atoms with Crippen molar-refractivity contribution in [2.75, 3.05) is 0 Å². The zero-order chi connectivity index (χ0) is 12.8. The maximum Gasteiger partial charge on any atom is 0.142 e. The largest absolute Gasteiger partial charge is 0.390 e. The number of hydrogen-bond donors (Lipinski definition) is 0. The van der Waals surface area contributed by atoms with Gasteiger partial charge in [-0.15, -0.1) is 0 Å². The molecule has 0 aromatic heterocycles. The summed E-state index contributed by atoms with van der Waals surface area (Å²) < 4.78 is 0. The van der Waals surface area contributed by atoms with Crippen molar-refractivity contribution in [3.8, 4) is 0 Å². The molecule has 0 unspecified atom stereocenters. The number of rotatable bonds is 4. The summed E-state index contributed by atoms with van der Waals surface area (Å²) in [7, 11) is 0. The summed E-state index contributed by atoms with van der Waals surface area (Å²) in [5.74, 6) is 0. The number of benzene rings is 2. The second-order valence-corrected chi connectivity index (χ2v) is 4.43. The van der Waals surface area contributed by atoms with E-state index in [9.17, 15) is 0 Å². The zero-order valence-corrected chi connectivity index (χ0v) is 10.9. The molecular formula is C14H10Cl2NO. The van der Waals surface area contributed by atoms with Crippen LogP contribution < -0.4 is 0 Å². The Morgan fingerprint density at radius 1 is 1.00 bits per heavy atom. The summed E-state index contributed by atoms with van der Waals surface area (Å²) in [6, 6.07) is 14.7. The smallest absolute Gasteiger partial charge is 0.142 e. The van der Waals surface area contributed by atoms with E-state index in [1.165, 1.54) is 0 Å². The van der Waals surface area contributed by atoms with Gasteiger partial charge in [0.2, 0.25) is 0 Å². The number of nitrogens with zero attached hydrogens (tertiary/aromatic N) is 1. The van der Waals surface area contributed by atoms with Gasteiger partial charge in [-0.1, -0.05) is 58.7 Å². The lowest BCUT2D eigenvalue weighted by molar-refractivity contribution is 0.132. The maximum absolute atomic E-state index is 5.94. The van der Waals surface area contributed by atoms with E-state index in [4.69, 9.17) is 28.0 Å². The molecule has 0 atom stereocenters. The van der Waals surface area contributed by atoms with E-state index < -0.39 is 0 Å². The lowest BCUT2D eigenvalue weighted by Crippen LogP contribution is -1.88. The van der Waals surface area contributed by atoms with E-state index in [0.717, 1.165) is 5.56 Å². The molecule has 2 aromatic rings. The van der Waals surface area contributed by atoms with E-state index in [0.29, 0.717) is 22.2 Å². The molecule has 2 rings (SSSR count). The quantitative estimate of drug-likeness (QED) is 0.599. The van der Waals surface area contributed by atoms with Crippen molar-refractivity contribution in [2.45, 2.75) is 6.61 Å². The van der Waals surface area contributed by atoms with Crippen LogP contribution in [0.4, 0.5) is 0 Å². The van der Waals surface area contributed by atoms with Crippen LogP contribution in [0.2, 0.25) is 10.0 Å². The second kappa shape index (κ2) is 6.43.